The maximum Gasteiger partial charge on any atom is 0.321 e. The second-order valence-corrected chi connectivity index (χ2v) is 10.6. The van der Waals surface area contributed by atoms with Gasteiger partial charge in [-0.25, -0.2) is 4.79 Å². The van der Waals surface area contributed by atoms with Crippen molar-refractivity contribution in [1.82, 2.24) is 9.80 Å². The van der Waals surface area contributed by atoms with Crippen LogP contribution in [0.5, 0.6) is 5.75 Å². The van der Waals surface area contributed by atoms with Crippen molar-refractivity contribution in [2.75, 3.05) is 55.9 Å². The third kappa shape index (κ3) is 6.80. The predicted octanol–water partition coefficient (Wildman–Crippen LogP) is 5.06. The van der Waals surface area contributed by atoms with Crippen molar-refractivity contribution in [3.8, 4) is 5.75 Å². The number of amides is 4. The minimum Gasteiger partial charge on any atom is -0.497 e. The number of piperazine rings is 1. The summed E-state index contributed by atoms with van der Waals surface area (Å²) in [5.41, 5.74) is 3.69. The Morgan fingerprint density at radius 1 is 0.878 bits per heavy atom. The highest BCUT2D eigenvalue weighted by Crippen LogP contribution is 2.30. The summed E-state index contributed by atoms with van der Waals surface area (Å²) in [6, 6.07) is 22.5. The molecule has 1 saturated heterocycles. The van der Waals surface area contributed by atoms with Gasteiger partial charge >= 0.3 is 6.03 Å². The van der Waals surface area contributed by atoms with Crippen LogP contribution in [0.3, 0.4) is 0 Å². The van der Waals surface area contributed by atoms with E-state index in [1.165, 1.54) is 0 Å². The Hall–Kier alpha value is -4.53. The molecule has 5 rings (SSSR count). The zero-order valence-corrected chi connectivity index (χ0v) is 23.6. The summed E-state index contributed by atoms with van der Waals surface area (Å²) in [6.45, 7) is 2.64. The van der Waals surface area contributed by atoms with E-state index in [9.17, 15) is 14.4 Å². The number of rotatable bonds is 8. The molecule has 0 atom stereocenters. The highest BCUT2D eigenvalue weighted by molar-refractivity contribution is 6.02. The quantitative estimate of drug-likeness (QED) is 0.405. The Bertz CT molecular complexity index is 1370. The average Bonchev–Trinajstić information content (AvgIpc) is 2.97. The van der Waals surface area contributed by atoms with E-state index in [1.54, 1.807) is 42.2 Å². The maximum atomic E-state index is 13.8. The first-order valence-corrected chi connectivity index (χ1v) is 14.1. The lowest BCUT2D eigenvalue weighted by molar-refractivity contribution is -0.122. The zero-order chi connectivity index (χ0) is 28.8. The topological polar surface area (TPSA) is 94.2 Å². The van der Waals surface area contributed by atoms with Crippen molar-refractivity contribution in [2.24, 2.45) is 5.92 Å². The summed E-state index contributed by atoms with van der Waals surface area (Å²) < 4.78 is 5.18. The van der Waals surface area contributed by atoms with Crippen LogP contribution in [0.25, 0.3) is 0 Å². The molecular weight excluding hydrogens is 518 g/mol. The maximum absolute atomic E-state index is 13.8. The molecule has 41 heavy (non-hydrogen) atoms. The first kappa shape index (κ1) is 28.0. The lowest BCUT2D eigenvalue weighted by Gasteiger charge is -2.37. The minimum absolute atomic E-state index is 0.0107. The summed E-state index contributed by atoms with van der Waals surface area (Å²) in [5, 5.41) is 5.95. The Morgan fingerprint density at radius 3 is 2.20 bits per heavy atom. The molecule has 0 unspecified atom stereocenters. The molecule has 4 amide bonds. The molecule has 3 aromatic rings. The Morgan fingerprint density at radius 2 is 1.56 bits per heavy atom. The van der Waals surface area contributed by atoms with Gasteiger partial charge < -0.3 is 30.1 Å². The van der Waals surface area contributed by atoms with Gasteiger partial charge in [0.05, 0.1) is 12.7 Å². The zero-order valence-electron chi connectivity index (χ0n) is 23.6. The van der Waals surface area contributed by atoms with Crippen LogP contribution in [-0.2, 0) is 11.3 Å². The minimum atomic E-state index is -0.164. The van der Waals surface area contributed by atoms with E-state index in [-0.39, 0.29) is 23.8 Å². The molecule has 1 heterocycles. The van der Waals surface area contributed by atoms with Gasteiger partial charge in [0.25, 0.3) is 5.91 Å². The number of ether oxygens (including phenoxy) is 1. The molecule has 3 aromatic carbocycles. The monoisotopic (exact) mass is 555 g/mol. The van der Waals surface area contributed by atoms with Crippen LogP contribution in [0.4, 0.5) is 21.9 Å². The highest BCUT2D eigenvalue weighted by atomic mass is 16.5. The van der Waals surface area contributed by atoms with Crippen molar-refractivity contribution in [2.45, 2.75) is 25.8 Å². The van der Waals surface area contributed by atoms with Gasteiger partial charge in [0.2, 0.25) is 5.91 Å². The highest BCUT2D eigenvalue weighted by Gasteiger charge is 2.28. The van der Waals surface area contributed by atoms with Gasteiger partial charge in [-0.15, -0.1) is 0 Å². The first-order valence-electron chi connectivity index (χ1n) is 14.1. The first-order chi connectivity index (χ1) is 19.9. The van der Waals surface area contributed by atoms with E-state index in [2.05, 4.69) is 15.5 Å². The summed E-state index contributed by atoms with van der Waals surface area (Å²) in [4.78, 5) is 44.9. The molecule has 0 aromatic heterocycles. The summed E-state index contributed by atoms with van der Waals surface area (Å²) in [6.07, 6.45) is 2.90. The Labute approximate surface area is 241 Å². The molecule has 2 N–H and O–H groups in total. The molecule has 1 aliphatic heterocycles. The van der Waals surface area contributed by atoms with Crippen molar-refractivity contribution in [3.63, 3.8) is 0 Å². The molecule has 214 valence electrons. The van der Waals surface area contributed by atoms with Crippen molar-refractivity contribution in [1.29, 1.82) is 0 Å². The van der Waals surface area contributed by atoms with Gasteiger partial charge in [-0.1, -0.05) is 36.8 Å². The van der Waals surface area contributed by atoms with Gasteiger partial charge in [0.15, 0.2) is 0 Å². The van der Waals surface area contributed by atoms with Gasteiger partial charge in [-0.3, -0.25) is 9.59 Å². The van der Waals surface area contributed by atoms with E-state index < -0.39 is 0 Å². The Balaban J connectivity index is 1.29. The third-order valence-electron chi connectivity index (χ3n) is 7.83. The molecule has 0 bridgehead atoms. The average molecular weight is 556 g/mol. The van der Waals surface area contributed by atoms with Crippen molar-refractivity contribution >= 4 is 34.9 Å². The largest absolute Gasteiger partial charge is 0.497 e. The number of anilines is 3. The summed E-state index contributed by atoms with van der Waals surface area (Å²) in [7, 11) is 3.40. The Kier molecular flexibility index (Phi) is 8.72. The van der Waals surface area contributed by atoms with Crippen LogP contribution >= 0.6 is 0 Å². The number of benzene rings is 3. The summed E-state index contributed by atoms with van der Waals surface area (Å²) in [5.74, 6) is 0.663. The number of nitrogens with one attached hydrogen (secondary N) is 2. The third-order valence-corrected chi connectivity index (χ3v) is 7.83. The number of carbonyl (C=O) groups excluding carboxylic acids is 3. The molecule has 1 saturated carbocycles. The lowest BCUT2D eigenvalue weighted by Crippen LogP contribution is -2.50. The second kappa shape index (κ2) is 12.8. The predicted molar refractivity (Wildman–Crippen MR) is 160 cm³/mol. The molecule has 2 fully saturated rings. The van der Waals surface area contributed by atoms with Crippen LogP contribution in [-0.4, -0.2) is 68.0 Å². The van der Waals surface area contributed by atoms with Crippen LogP contribution in [0.1, 0.15) is 35.2 Å². The molecule has 0 spiro atoms. The van der Waals surface area contributed by atoms with Gasteiger partial charge in [-0.2, -0.15) is 0 Å². The van der Waals surface area contributed by atoms with E-state index in [0.717, 1.165) is 36.3 Å². The van der Waals surface area contributed by atoms with E-state index in [0.29, 0.717) is 49.7 Å². The van der Waals surface area contributed by atoms with Crippen LogP contribution < -0.4 is 20.3 Å². The van der Waals surface area contributed by atoms with Crippen molar-refractivity contribution < 1.29 is 19.1 Å². The van der Waals surface area contributed by atoms with Crippen LogP contribution in [0.15, 0.2) is 72.8 Å². The molecule has 2 aliphatic rings. The van der Waals surface area contributed by atoms with Gasteiger partial charge in [0, 0.05) is 62.8 Å². The second-order valence-electron chi connectivity index (χ2n) is 10.6. The van der Waals surface area contributed by atoms with Gasteiger partial charge in [0.1, 0.15) is 5.75 Å². The molecule has 9 nitrogen and oxygen atoms in total. The smallest absolute Gasteiger partial charge is 0.321 e. The fourth-order valence-electron chi connectivity index (χ4n) is 5.14. The lowest BCUT2D eigenvalue weighted by atomic mass is 9.85. The van der Waals surface area contributed by atoms with E-state index in [1.807, 2.05) is 54.6 Å². The SMILES string of the molecule is COc1ccc(NC(=O)N2CCN(c3ccc(NC(=O)C4CCC4)cc3C(=O)N(C)Cc3ccccc3)CC2)cc1. The molecule has 1 aliphatic carbocycles. The molecular formula is C32H37N5O4. The van der Waals surface area contributed by atoms with Gasteiger partial charge in [-0.05, 0) is 60.9 Å². The fourth-order valence-corrected chi connectivity index (χ4v) is 5.14. The number of carbonyl (C=O) groups is 3. The number of urea groups is 1. The molecule has 0 radical (unpaired) electrons. The number of hydrogen-bond acceptors (Lipinski definition) is 5. The van der Waals surface area contributed by atoms with E-state index in [4.69, 9.17) is 4.74 Å². The standard InChI is InChI=1S/C32H37N5O4/c1-35(22-23-7-4-3-5-8-23)31(39)28-21-26(33-30(38)24-9-6-10-24)13-16-29(28)36-17-19-37(20-18-36)32(40)34-25-11-14-27(41-2)15-12-25/h3-5,7-8,11-16,21,24H,6,9-10,17-20,22H2,1-2H3,(H,33,38)(H,34,40). The molecule has 9 heteroatoms. The number of hydrogen-bond donors (Lipinski definition) is 2. The van der Waals surface area contributed by atoms with Crippen LogP contribution in [0.2, 0.25) is 0 Å². The number of nitrogens with zero attached hydrogens (tertiary/aromatic N) is 3. The normalized spacial score (nSPS) is 15.1. The fraction of sp³-hybridized carbons (Fsp3) is 0.344. The van der Waals surface area contributed by atoms with Crippen LogP contribution in [0, 0.1) is 5.92 Å². The van der Waals surface area contributed by atoms with E-state index >= 15 is 0 Å². The van der Waals surface area contributed by atoms with Crippen molar-refractivity contribution in [3.05, 3.63) is 83.9 Å². The summed E-state index contributed by atoms with van der Waals surface area (Å²) >= 11 is 0. The number of methoxy groups -OCH3 is 1.